The van der Waals surface area contributed by atoms with Crippen molar-refractivity contribution in [3.05, 3.63) is 0 Å². The number of thiocarbonyl (C=S) groups is 1. The van der Waals surface area contributed by atoms with E-state index in [1.54, 1.807) is 21.1 Å². The maximum atomic E-state index is 10.1. The molecule has 0 aliphatic rings. The molecule has 0 aromatic heterocycles. The summed E-state index contributed by atoms with van der Waals surface area (Å²) in [6.07, 6.45) is -1.48. The van der Waals surface area contributed by atoms with Crippen molar-refractivity contribution in [2.24, 2.45) is 0 Å². The normalized spacial score (nSPS) is 15.9. The van der Waals surface area contributed by atoms with Crippen molar-refractivity contribution in [3.63, 3.8) is 0 Å². The number of aliphatic hydroxyl groups excluding tert-OH is 2. The van der Waals surface area contributed by atoms with E-state index in [9.17, 15) is 4.79 Å². The molecular weight excluding hydrogens is 341 g/mol. The summed E-state index contributed by atoms with van der Waals surface area (Å²) < 4.78 is -1.11. The Bertz CT molecular complexity index is 141. The molecule has 6 heteroatoms. The van der Waals surface area contributed by atoms with Crippen LogP contribution in [0.3, 0.4) is 0 Å². The van der Waals surface area contributed by atoms with Gasteiger partial charge in [-0.25, -0.2) is 0 Å². The van der Waals surface area contributed by atoms with Crippen LogP contribution in [0.5, 0.6) is 0 Å². The van der Waals surface area contributed by atoms with Crippen LogP contribution in [0.2, 0.25) is 4.14 Å². The first kappa shape index (κ1) is 10.1. The van der Waals surface area contributed by atoms with E-state index in [1.165, 1.54) is 0 Å². The molecule has 4 nitrogen and oxygen atoms in total. The fraction of sp³-hybridized carbons (Fsp3) is 0.500. The van der Waals surface area contributed by atoms with E-state index >= 15 is 0 Å². The number of aliphatic carboxylic acids is 1. The molecule has 2 atom stereocenters. The molecule has 3 N–H and O–H groups in total. The molecule has 0 spiro atoms. The number of aliphatic hydroxyl groups is 2. The van der Waals surface area contributed by atoms with Crippen molar-refractivity contribution in [1.82, 2.24) is 0 Å². The minimum absolute atomic E-state index is 0.699. The van der Waals surface area contributed by atoms with Gasteiger partial charge in [-0.3, -0.25) is 0 Å². The zero-order valence-corrected chi connectivity index (χ0v) is 7.60. The van der Waals surface area contributed by atoms with Crippen LogP contribution in [0.1, 0.15) is 0 Å². The molecule has 0 saturated carbocycles. The van der Waals surface area contributed by atoms with Gasteiger partial charge in [0.2, 0.25) is 0 Å². The second-order valence-electron chi connectivity index (χ2n) is 1.48. The molecular formula is C4H5AuO4S. The Morgan fingerprint density at radius 3 is 2.00 bits per heavy atom. The van der Waals surface area contributed by atoms with Gasteiger partial charge in [-0.15, -0.1) is 0 Å². The summed E-state index contributed by atoms with van der Waals surface area (Å²) >= 11 is 5.81. The number of rotatable bonds is 3. The summed E-state index contributed by atoms with van der Waals surface area (Å²) in [6.45, 7) is 0. The first-order valence-electron chi connectivity index (χ1n) is 2.20. The summed E-state index contributed by atoms with van der Waals surface area (Å²) in [5, 5.41) is 24.8. The second kappa shape index (κ2) is 4.05. The predicted octanol–water partition coefficient (Wildman–Crippen LogP) is -0.347. The van der Waals surface area contributed by atoms with Gasteiger partial charge in [0.1, 0.15) is 0 Å². The van der Waals surface area contributed by atoms with Crippen molar-refractivity contribution in [1.29, 1.82) is 0 Å². The van der Waals surface area contributed by atoms with Crippen LogP contribution in [-0.4, -0.2) is 32.4 Å². The Morgan fingerprint density at radius 1 is 1.50 bits per heavy atom. The Labute approximate surface area is 74.8 Å². The van der Waals surface area contributed by atoms with E-state index in [0.717, 1.165) is 0 Å². The van der Waals surface area contributed by atoms with Gasteiger partial charge in [0, 0.05) is 0 Å². The fourth-order valence-electron chi connectivity index (χ4n) is 0.249. The van der Waals surface area contributed by atoms with Gasteiger partial charge >= 0.3 is 74.7 Å². The Balaban J connectivity index is 4.07. The molecule has 0 amide bonds. The fourth-order valence-corrected chi connectivity index (χ4v) is 0.962. The Kier molecular flexibility index (Phi) is 4.07. The number of hydrogen-bond donors (Lipinski definition) is 3. The first-order valence-corrected chi connectivity index (χ1v) is 3.86. The summed E-state index contributed by atoms with van der Waals surface area (Å²) in [6, 6.07) is 0. The van der Waals surface area contributed by atoms with Gasteiger partial charge in [-0.2, -0.15) is 0 Å². The molecule has 0 aromatic carbocycles. The number of hydrogen-bond acceptors (Lipinski definition) is 3. The minimum atomic E-state index is -1.48. The standard InChI is InChI=1S/C4H5O4S.Au/c5-2(4(8)9)1-3(6)7;/h1-2,5H,(H,6,7)(H,8,9);. The van der Waals surface area contributed by atoms with Crippen LogP contribution >= 0.6 is 12.2 Å². The van der Waals surface area contributed by atoms with Crippen molar-refractivity contribution >= 4 is 23.2 Å². The number of carbonyl (C=O) groups is 1. The van der Waals surface area contributed by atoms with Crippen LogP contribution in [0.25, 0.3) is 0 Å². The van der Waals surface area contributed by atoms with E-state index in [2.05, 4.69) is 12.2 Å². The molecule has 0 rings (SSSR count). The topological polar surface area (TPSA) is 77.8 Å². The van der Waals surface area contributed by atoms with E-state index in [0.29, 0.717) is 0 Å². The zero-order chi connectivity index (χ0) is 8.31. The van der Waals surface area contributed by atoms with E-state index < -0.39 is 21.3 Å². The summed E-state index contributed by atoms with van der Waals surface area (Å²) in [4.78, 5) is 10.1. The van der Waals surface area contributed by atoms with Crippen LogP contribution in [0.15, 0.2) is 0 Å². The third kappa shape index (κ3) is 2.76. The van der Waals surface area contributed by atoms with Crippen LogP contribution in [0.4, 0.5) is 0 Å². The molecule has 0 heterocycles. The van der Waals surface area contributed by atoms with Crippen LogP contribution in [-0.2, 0) is 25.9 Å². The zero-order valence-electron chi connectivity index (χ0n) is 4.61. The molecule has 0 saturated heterocycles. The first-order chi connectivity index (χ1) is 4.46. The molecule has 0 radical (unpaired) electrons. The van der Waals surface area contributed by atoms with Crippen molar-refractivity contribution < 1.29 is 41.2 Å². The Hall–Kier alpha value is 0.0603. The number of carboxylic acids is 1. The molecule has 10 heavy (non-hydrogen) atoms. The quantitative estimate of drug-likeness (QED) is 0.481. The molecule has 0 aliphatic carbocycles. The van der Waals surface area contributed by atoms with Crippen molar-refractivity contribution in [3.8, 4) is 0 Å². The van der Waals surface area contributed by atoms with E-state index in [4.69, 9.17) is 15.3 Å². The van der Waals surface area contributed by atoms with Crippen molar-refractivity contribution in [2.45, 2.75) is 10.2 Å². The molecule has 0 fully saturated rings. The van der Waals surface area contributed by atoms with Gasteiger partial charge in [-0.1, -0.05) is 0 Å². The molecule has 0 bridgehead atoms. The third-order valence-electron chi connectivity index (χ3n) is 0.723. The predicted molar refractivity (Wildman–Crippen MR) is 32.6 cm³/mol. The van der Waals surface area contributed by atoms with Crippen LogP contribution < -0.4 is 0 Å². The van der Waals surface area contributed by atoms with Gasteiger partial charge < -0.3 is 0 Å². The van der Waals surface area contributed by atoms with Gasteiger partial charge in [0.25, 0.3) is 0 Å². The molecule has 0 aliphatic heterocycles. The van der Waals surface area contributed by atoms with Gasteiger partial charge in [0.15, 0.2) is 0 Å². The van der Waals surface area contributed by atoms with Gasteiger partial charge in [0.05, 0.1) is 0 Å². The van der Waals surface area contributed by atoms with Gasteiger partial charge in [-0.05, 0) is 0 Å². The average Bonchev–Trinajstić information content (AvgIpc) is 1.84. The van der Waals surface area contributed by atoms with E-state index in [-0.39, 0.29) is 0 Å². The maximum absolute atomic E-state index is 10.1. The Morgan fingerprint density at radius 2 is 1.90 bits per heavy atom. The number of carboxylic acid groups (broad SMARTS) is 1. The average molecular weight is 346 g/mol. The summed E-state index contributed by atoms with van der Waals surface area (Å²) in [7, 11) is 0. The van der Waals surface area contributed by atoms with Crippen LogP contribution in [0, 0.1) is 0 Å². The summed E-state index contributed by atoms with van der Waals surface area (Å²) in [5.74, 6) is -1.22. The molecule has 62 valence electrons. The van der Waals surface area contributed by atoms with E-state index in [1.807, 2.05) is 0 Å². The second-order valence-corrected chi connectivity index (χ2v) is 3.24. The van der Waals surface area contributed by atoms with Crippen molar-refractivity contribution in [2.75, 3.05) is 0 Å². The molecule has 2 unspecified atom stereocenters. The summed E-state index contributed by atoms with van der Waals surface area (Å²) in [5.41, 5.74) is 0. The monoisotopic (exact) mass is 346 g/mol. The third-order valence-corrected chi connectivity index (χ3v) is 2.18. The molecule has 0 aromatic rings. The SMILES string of the molecule is O=C(O)[CH]([Au])C(O)C(O)=S.